The fraction of sp³-hybridized carbons (Fsp3) is 0.500. The molecule has 0 radical (unpaired) electrons. The monoisotopic (exact) mass is 267 g/mol. The van der Waals surface area contributed by atoms with E-state index in [2.05, 4.69) is 5.32 Å². The van der Waals surface area contributed by atoms with E-state index < -0.39 is 11.5 Å². The second kappa shape index (κ2) is 5.72. The second-order valence-electron chi connectivity index (χ2n) is 4.93. The summed E-state index contributed by atoms with van der Waals surface area (Å²) in [5, 5.41) is 13.3. The predicted octanol–water partition coefficient (Wildman–Crippen LogP) is 3.22. The van der Waals surface area contributed by atoms with E-state index >= 15 is 0 Å². The highest BCUT2D eigenvalue weighted by Gasteiger charge is 2.38. The normalized spacial score (nSPS) is 18.5. The topological polar surface area (TPSA) is 49.3 Å². The van der Waals surface area contributed by atoms with Crippen LogP contribution >= 0.6 is 11.6 Å². The molecular formula is C14H18ClNO2. The van der Waals surface area contributed by atoms with Crippen molar-refractivity contribution in [3.8, 4) is 0 Å². The minimum Gasteiger partial charge on any atom is -0.480 e. The zero-order valence-corrected chi connectivity index (χ0v) is 11.0. The molecule has 4 heteroatoms. The Kier molecular flexibility index (Phi) is 4.25. The lowest BCUT2D eigenvalue weighted by atomic mass is 9.81. The average Bonchev–Trinajstić information content (AvgIpc) is 2.37. The molecule has 98 valence electrons. The SMILES string of the molecule is O=C(O)C1(NCc2cccc(Cl)c2)CCCCC1. The molecule has 0 saturated heterocycles. The van der Waals surface area contributed by atoms with Crippen LogP contribution < -0.4 is 5.32 Å². The number of halogens is 1. The molecule has 0 spiro atoms. The first kappa shape index (κ1) is 13.4. The summed E-state index contributed by atoms with van der Waals surface area (Å²) in [6, 6.07) is 7.52. The summed E-state index contributed by atoms with van der Waals surface area (Å²) in [5.41, 5.74) is 0.273. The lowest BCUT2D eigenvalue weighted by molar-refractivity contribution is -0.146. The number of aliphatic carboxylic acids is 1. The molecule has 2 N–H and O–H groups in total. The van der Waals surface area contributed by atoms with Gasteiger partial charge in [-0.05, 0) is 30.5 Å². The first-order valence-corrected chi connectivity index (χ1v) is 6.73. The van der Waals surface area contributed by atoms with Gasteiger partial charge in [0.05, 0.1) is 0 Å². The minimum absolute atomic E-state index is 0.548. The van der Waals surface area contributed by atoms with Gasteiger partial charge in [0, 0.05) is 11.6 Å². The van der Waals surface area contributed by atoms with Gasteiger partial charge in [-0.1, -0.05) is 43.0 Å². The van der Waals surface area contributed by atoms with E-state index in [0.29, 0.717) is 24.4 Å². The van der Waals surface area contributed by atoms with Crippen molar-refractivity contribution in [3.05, 3.63) is 34.9 Å². The summed E-state index contributed by atoms with van der Waals surface area (Å²) >= 11 is 5.92. The first-order valence-electron chi connectivity index (χ1n) is 6.35. The second-order valence-corrected chi connectivity index (χ2v) is 5.37. The minimum atomic E-state index is -0.749. The molecule has 0 heterocycles. The van der Waals surface area contributed by atoms with E-state index in [-0.39, 0.29) is 0 Å². The molecule has 0 aromatic heterocycles. The van der Waals surface area contributed by atoms with Gasteiger partial charge in [0.2, 0.25) is 0 Å². The Balaban J connectivity index is 2.04. The van der Waals surface area contributed by atoms with Crippen molar-refractivity contribution in [1.29, 1.82) is 0 Å². The Morgan fingerprint density at radius 3 is 2.67 bits per heavy atom. The maximum Gasteiger partial charge on any atom is 0.323 e. The van der Waals surface area contributed by atoms with Crippen molar-refractivity contribution < 1.29 is 9.90 Å². The Bertz CT molecular complexity index is 428. The lowest BCUT2D eigenvalue weighted by Crippen LogP contribution is -2.52. The van der Waals surface area contributed by atoms with Crippen LogP contribution in [0.4, 0.5) is 0 Å². The fourth-order valence-corrected chi connectivity index (χ4v) is 2.75. The van der Waals surface area contributed by atoms with Gasteiger partial charge in [0.15, 0.2) is 0 Å². The van der Waals surface area contributed by atoms with Crippen molar-refractivity contribution in [2.45, 2.75) is 44.2 Å². The standard InChI is InChI=1S/C14H18ClNO2/c15-12-6-4-5-11(9-12)10-16-14(13(17)18)7-2-1-3-8-14/h4-6,9,16H,1-3,7-8,10H2,(H,17,18). The first-order chi connectivity index (χ1) is 8.62. The number of carboxylic acids is 1. The van der Waals surface area contributed by atoms with Crippen molar-refractivity contribution in [3.63, 3.8) is 0 Å². The fourth-order valence-electron chi connectivity index (χ4n) is 2.54. The third-order valence-electron chi connectivity index (χ3n) is 3.64. The van der Waals surface area contributed by atoms with Gasteiger partial charge < -0.3 is 5.11 Å². The van der Waals surface area contributed by atoms with Crippen molar-refractivity contribution >= 4 is 17.6 Å². The Morgan fingerprint density at radius 2 is 2.06 bits per heavy atom. The van der Waals surface area contributed by atoms with Gasteiger partial charge in [0.1, 0.15) is 5.54 Å². The third-order valence-corrected chi connectivity index (χ3v) is 3.87. The molecule has 2 rings (SSSR count). The van der Waals surface area contributed by atoms with Crippen LogP contribution in [0.3, 0.4) is 0 Å². The summed E-state index contributed by atoms with van der Waals surface area (Å²) < 4.78 is 0. The molecule has 1 aliphatic carbocycles. The van der Waals surface area contributed by atoms with Crippen LogP contribution in [0.5, 0.6) is 0 Å². The maximum atomic E-state index is 11.5. The van der Waals surface area contributed by atoms with Crippen LogP contribution in [0.2, 0.25) is 5.02 Å². The van der Waals surface area contributed by atoms with E-state index in [9.17, 15) is 9.90 Å². The number of carboxylic acid groups (broad SMARTS) is 1. The Morgan fingerprint density at radius 1 is 1.33 bits per heavy atom. The van der Waals surface area contributed by atoms with Crippen molar-refractivity contribution in [1.82, 2.24) is 5.32 Å². The summed E-state index contributed by atoms with van der Waals surface area (Å²) in [6.07, 6.45) is 4.52. The average molecular weight is 268 g/mol. The molecular weight excluding hydrogens is 250 g/mol. The van der Waals surface area contributed by atoms with Gasteiger partial charge in [-0.15, -0.1) is 0 Å². The highest BCUT2D eigenvalue weighted by Crippen LogP contribution is 2.29. The number of hydrogen-bond donors (Lipinski definition) is 2. The van der Waals surface area contributed by atoms with E-state index in [1.54, 1.807) is 0 Å². The number of hydrogen-bond acceptors (Lipinski definition) is 2. The molecule has 0 atom stereocenters. The predicted molar refractivity (Wildman–Crippen MR) is 71.7 cm³/mol. The molecule has 1 saturated carbocycles. The third kappa shape index (κ3) is 3.03. The van der Waals surface area contributed by atoms with Gasteiger partial charge in [-0.3, -0.25) is 10.1 Å². The van der Waals surface area contributed by atoms with Crippen LogP contribution in [0.1, 0.15) is 37.7 Å². The lowest BCUT2D eigenvalue weighted by Gasteiger charge is -2.34. The highest BCUT2D eigenvalue weighted by atomic mass is 35.5. The maximum absolute atomic E-state index is 11.5. The number of rotatable bonds is 4. The zero-order chi connectivity index (χ0) is 13.0. The van der Waals surface area contributed by atoms with E-state index in [1.807, 2.05) is 24.3 Å². The van der Waals surface area contributed by atoms with Gasteiger partial charge >= 0.3 is 5.97 Å². The van der Waals surface area contributed by atoms with Crippen molar-refractivity contribution in [2.24, 2.45) is 0 Å². The largest absolute Gasteiger partial charge is 0.480 e. The Hall–Kier alpha value is -1.06. The summed E-state index contributed by atoms with van der Waals surface area (Å²) in [5.74, 6) is -0.732. The summed E-state index contributed by atoms with van der Waals surface area (Å²) in [6.45, 7) is 0.548. The Labute approximate surface area is 112 Å². The van der Waals surface area contributed by atoms with Crippen LogP contribution in [0, 0.1) is 0 Å². The summed E-state index contributed by atoms with van der Waals surface area (Å²) in [7, 11) is 0. The van der Waals surface area contributed by atoms with Gasteiger partial charge in [-0.2, -0.15) is 0 Å². The quantitative estimate of drug-likeness (QED) is 0.881. The van der Waals surface area contributed by atoms with Gasteiger partial charge in [0.25, 0.3) is 0 Å². The molecule has 0 bridgehead atoms. The molecule has 1 aliphatic rings. The van der Waals surface area contributed by atoms with E-state index in [1.165, 1.54) is 0 Å². The van der Waals surface area contributed by atoms with E-state index in [4.69, 9.17) is 11.6 Å². The molecule has 0 aliphatic heterocycles. The van der Waals surface area contributed by atoms with E-state index in [0.717, 1.165) is 24.8 Å². The molecule has 18 heavy (non-hydrogen) atoms. The molecule has 3 nitrogen and oxygen atoms in total. The molecule has 0 amide bonds. The molecule has 1 aromatic carbocycles. The van der Waals surface area contributed by atoms with Gasteiger partial charge in [-0.25, -0.2) is 0 Å². The number of benzene rings is 1. The van der Waals surface area contributed by atoms with Crippen molar-refractivity contribution in [2.75, 3.05) is 0 Å². The van der Waals surface area contributed by atoms with Crippen LogP contribution in [-0.2, 0) is 11.3 Å². The zero-order valence-electron chi connectivity index (χ0n) is 10.3. The van der Waals surface area contributed by atoms with Crippen LogP contribution in [-0.4, -0.2) is 16.6 Å². The number of nitrogens with one attached hydrogen (secondary N) is 1. The van der Waals surface area contributed by atoms with Crippen LogP contribution in [0.25, 0.3) is 0 Å². The molecule has 1 fully saturated rings. The molecule has 0 unspecified atom stereocenters. The summed E-state index contributed by atoms with van der Waals surface area (Å²) in [4.78, 5) is 11.5. The van der Waals surface area contributed by atoms with Crippen LogP contribution in [0.15, 0.2) is 24.3 Å². The number of carbonyl (C=O) groups is 1. The molecule has 1 aromatic rings. The highest BCUT2D eigenvalue weighted by molar-refractivity contribution is 6.30. The smallest absolute Gasteiger partial charge is 0.323 e.